The molecular weight excluding hydrogens is 1470 g/mol. The number of rotatable bonds is 28. The fourth-order valence-corrected chi connectivity index (χ4v) is 12.4. The van der Waals surface area contributed by atoms with E-state index in [1.54, 1.807) is 6.92 Å². The molecule has 19 N–H and O–H groups in total. The van der Waals surface area contributed by atoms with E-state index >= 15 is 19.2 Å². The van der Waals surface area contributed by atoms with Gasteiger partial charge in [-0.3, -0.25) is 57.5 Å². The number of ether oxygens (including phenoxy) is 5. The highest BCUT2D eigenvalue weighted by Crippen LogP contribution is 2.32. The number of hydrogen-bond acceptors (Lipinski definition) is 25. The number of carbonyl (C=O) groups excluding carboxylic acids is 13. The Morgan fingerprint density at radius 2 is 1.49 bits per heavy atom. The summed E-state index contributed by atoms with van der Waals surface area (Å²) in [7, 11) is 3.45. The molecule has 0 radical (unpaired) electrons. The Morgan fingerprint density at radius 1 is 0.855 bits per heavy atom. The first-order chi connectivity index (χ1) is 51.4. The second-order valence-corrected chi connectivity index (χ2v) is 29.1. The van der Waals surface area contributed by atoms with Crippen molar-refractivity contribution in [3.05, 3.63) is 65.4 Å². The Balaban J connectivity index is 1.83. The van der Waals surface area contributed by atoms with E-state index in [0.29, 0.717) is 0 Å². The number of methoxy groups -OCH3 is 2. The van der Waals surface area contributed by atoms with Gasteiger partial charge in [-0.1, -0.05) is 90.0 Å². The fraction of sp³-hybridized carbons (Fsp3) is 0.653. The van der Waals surface area contributed by atoms with Crippen LogP contribution in [0.5, 0.6) is 5.75 Å². The number of hydrogen-bond donors (Lipinski definition) is 17. The van der Waals surface area contributed by atoms with Crippen LogP contribution < -0.4 is 64.1 Å². The summed E-state index contributed by atoms with van der Waals surface area (Å²) in [6, 6.07) is -10.5. The van der Waals surface area contributed by atoms with E-state index in [4.69, 9.17) is 46.8 Å². The number of fused-ring (bicyclic) bond motifs is 1. The largest absolute Gasteiger partial charge is 0.462 e. The number of nitrogens with one attached hydrogen (secondary N) is 9. The van der Waals surface area contributed by atoms with Gasteiger partial charge in [0.15, 0.2) is 5.60 Å². The van der Waals surface area contributed by atoms with Crippen molar-refractivity contribution in [2.24, 2.45) is 35.1 Å². The molecule has 23 atom stereocenters. The Labute approximate surface area is 643 Å². The van der Waals surface area contributed by atoms with E-state index in [0.717, 1.165) is 49.0 Å². The van der Waals surface area contributed by atoms with E-state index in [9.17, 15) is 73.8 Å². The molecule has 4 rings (SSSR count). The average molecular weight is 1580 g/mol. The summed E-state index contributed by atoms with van der Waals surface area (Å²) in [5.41, 5.74) is 10.0. The third-order valence-corrected chi connectivity index (χ3v) is 19.7. The number of nitrogens with two attached hydrogens (primary N) is 2. The van der Waals surface area contributed by atoms with Crippen LogP contribution >= 0.6 is 11.6 Å². The number of aliphatic hydroxyl groups excluding tert-OH is 5. The van der Waals surface area contributed by atoms with Crippen LogP contribution in [0.25, 0.3) is 0 Å². The van der Waals surface area contributed by atoms with Crippen LogP contribution in [-0.4, -0.2) is 279 Å². The van der Waals surface area contributed by atoms with Crippen molar-refractivity contribution in [1.29, 1.82) is 0 Å². The molecule has 0 unspecified atom stereocenters. The quantitative estimate of drug-likeness (QED) is 0.0163. The van der Waals surface area contributed by atoms with Crippen molar-refractivity contribution < 1.29 is 117 Å². The lowest BCUT2D eigenvalue weighted by atomic mass is 9.87. The van der Waals surface area contributed by atoms with Gasteiger partial charge in [0.05, 0.1) is 31.9 Å². The van der Waals surface area contributed by atoms with E-state index in [2.05, 4.69) is 47.9 Å². The Morgan fingerprint density at radius 3 is 2.05 bits per heavy atom. The number of alkyl halides is 1. The summed E-state index contributed by atoms with van der Waals surface area (Å²) in [6.07, 6.45) is -7.90. The number of halogens is 1. The average Bonchev–Trinajstić information content (AvgIpc) is 0.787. The Bertz CT molecular complexity index is 3510. The Hall–Kier alpha value is -8.76. The number of aliphatic hydroxyl groups is 6. The molecule has 38 heteroatoms. The zero-order chi connectivity index (χ0) is 83.3. The molecule has 1 aromatic carbocycles. The number of esters is 1. The molecule has 3 aliphatic rings. The van der Waals surface area contributed by atoms with Gasteiger partial charge in [0.2, 0.25) is 65.4 Å². The van der Waals surface area contributed by atoms with Crippen molar-refractivity contribution in [2.75, 3.05) is 47.5 Å². The van der Waals surface area contributed by atoms with Gasteiger partial charge < -0.3 is 123 Å². The van der Waals surface area contributed by atoms with E-state index in [-0.39, 0.29) is 36.6 Å². The number of allylic oxidation sites excluding steroid dienone is 4. The van der Waals surface area contributed by atoms with Gasteiger partial charge in [-0.25, -0.2) is 4.79 Å². The van der Waals surface area contributed by atoms with Crippen molar-refractivity contribution in [3.8, 4) is 5.75 Å². The van der Waals surface area contributed by atoms with Crippen LogP contribution in [0.2, 0.25) is 0 Å². The molecule has 110 heavy (non-hydrogen) atoms. The first-order valence-corrected chi connectivity index (χ1v) is 36.6. The second kappa shape index (κ2) is 42.6. The molecular formula is C72H112ClN13O24. The topological polar surface area (TPSA) is 556 Å². The minimum absolute atomic E-state index is 0.000863. The molecule has 0 spiro atoms. The first-order valence-electron chi connectivity index (χ1n) is 36.1. The standard InChI is InChI=1S/C72H112ClN13O24/c1-17-33(5)27-34(6)19-24-47(88)72(13,105)71(104)77-30-49(90)79-44(18-2)62(96)82-51(37(9)74)64(98)81-50(35(7)36(8)60(75)94)63(97)83-52-58(32(3)4)110-69(103)46-28-42(73)25-26-86(46)68(102)53(59(107-16)41-20-22-43(23-21-41)109-70-57(93)56(92)55(91)40(12)108-70)84-66(100)54(39(11)87)85(14)67(101)38(10)78-48(89)29-76-61(95)45(31-106-15)80-65(52)99/h18-24,27,32-33,35-40,42,45-47,50-59,70,87-88,91-93,105H,17,25-26,28-31,74H2,1-16H3,(H2,75,94)(H,76,95)(H,77,104)(H,78,89)(H,79,90)(H,80,99)(H,81,98)(H,82,96)(H,83,97)(H,84,100)/b24-19-,34-27+,44-18-/t33-,35+,36-,37+,38+,39-,40+,42+,45-,46+,47+,50+,51+,52-,53-,54+,55+,56-,57-,58-,59-,70+,72+/m1/s1. The number of nitrogens with zero attached hydrogens (tertiary/aromatic N) is 2. The highest BCUT2D eigenvalue weighted by Gasteiger charge is 2.49. The zero-order valence-corrected chi connectivity index (χ0v) is 65.6. The van der Waals surface area contributed by atoms with Crippen LogP contribution in [0.3, 0.4) is 0 Å². The van der Waals surface area contributed by atoms with Gasteiger partial charge in [0.25, 0.3) is 11.8 Å². The maximum Gasteiger partial charge on any atom is 0.329 e. The van der Waals surface area contributed by atoms with Crippen LogP contribution in [0.1, 0.15) is 121 Å². The predicted octanol–water partition coefficient (Wildman–Crippen LogP) is -4.44. The molecule has 3 aliphatic heterocycles. The zero-order valence-electron chi connectivity index (χ0n) is 64.8. The predicted molar refractivity (Wildman–Crippen MR) is 394 cm³/mol. The molecule has 3 heterocycles. The highest BCUT2D eigenvalue weighted by atomic mass is 35.5. The minimum atomic E-state index is -2.44. The molecule has 0 bridgehead atoms. The number of primary amides is 1. The molecule has 12 amide bonds. The highest BCUT2D eigenvalue weighted by molar-refractivity contribution is 6.21. The molecule has 37 nitrogen and oxygen atoms in total. The van der Waals surface area contributed by atoms with Crippen LogP contribution in [0.15, 0.2) is 59.8 Å². The first kappa shape index (κ1) is 93.6. The normalized spacial score (nSPS) is 27.8. The SMILES string of the molecule is C/C=C(\NC(=O)CNC(=O)[C@@](C)(O)[C@@H](O)/C=C\C(C)=C\[C@H](C)CC)C(=O)N[C@H](C(=O)N[C@H](C(=O)N[C@H]1C(=O)N[C@H](COC)C(=O)NCC(=O)N[C@@H](C)C(=O)N(C)[C@@H]([C@@H](C)O)C(=O)N[C@H]([C@H](OC)c2ccc(O[C@@H]3O[C@@H](C)[C@H](O)[C@@H](O)[C@H]3O)cc2)C(=O)N2CC[C@H](Cl)C[C@H]2C(=O)O[C@@H]1C(C)C)[C@@H](C)[C@@H](C)C(N)=O)[C@H](C)N. The second-order valence-electron chi connectivity index (χ2n) is 28.5. The smallest absolute Gasteiger partial charge is 0.329 e. The van der Waals surface area contributed by atoms with Gasteiger partial charge >= 0.3 is 5.97 Å². The number of benzene rings is 1. The van der Waals surface area contributed by atoms with Crippen molar-refractivity contribution in [3.63, 3.8) is 0 Å². The fourth-order valence-electron chi connectivity index (χ4n) is 12.2. The summed E-state index contributed by atoms with van der Waals surface area (Å²) in [5, 5.41) is 85.1. The lowest BCUT2D eigenvalue weighted by molar-refractivity contribution is -0.268. The summed E-state index contributed by atoms with van der Waals surface area (Å²) >= 11 is 6.82. The summed E-state index contributed by atoms with van der Waals surface area (Å²) < 4.78 is 28.9. The third-order valence-electron chi connectivity index (χ3n) is 19.4. The Kier molecular flexibility index (Phi) is 36.3. The van der Waals surface area contributed by atoms with Gasteiger partial charge in [-0.2, -0.15) is 0 Å². The van der Waals surface area contributed by atoms with E-state index in [1.165, 1.54) is 106 Å². The monoisotopic (exact) mass is 1580 g/mol. The molecule has 616 valence electrons. The van der Waals surface area contributed by atoms with Gasteiger partial charge in [-0.05, 0) is 96.8 Å². The number of amides is 12. The molecule has 0 aromatic heterocycles. The summed E-state index contributed by atoms with van der Waals surface area (Å²) in [5.74, 6) is -18.2. The molecule has 3 saturated heterocycles. The third kappa shape index (κ3) is 25.4. The van der Waals surface area contributed by atoms with E-state index < -0.39 is 240 Å². The van der Waals surface area contributed by atoms with Crippen LogP contribution in [-0.2, 0) is 81.3 Å². The van der Waals surface area contributed by atoms with Gasteiger partial charge in [0, 0.05) is 45.1 Å². The van der Waals surface area contributed by atoms with E-state index in [1.807, 2.05) is 19.9 Å². The number of likely N-dealkylation sites (N-methyl/N-ethyl adjacent to an activating group) is 1. The summed E-state index contributed by atoms with van der Waals surface area (Å²) in [4.78, 5) is 188. The van der Waals surface area contributed by atoms with Gasteiger partial charge in [-0.15, -0.1) is 11.6 Å². The number of piperidine rings is 1. The molecule has 3 fully saturated rings. The van der Waals surface area contributed by atoms with Crippen LogP contribution in [0, 0.1) is 23.7 Å². The number of carbonyl (C=O) groups is 13. The van der Waals surface area contributed by atoms with Crippen molar-refractivity contribution >= 4 is 88.5 Å². The van der Waals surface area contributed by atoms with Crippen molar-refractivity contribution in [1.82, 2.24) is 57.7 Å². The van der Waals surface area contributed by atoms with Crippen molar-refractivity contribution in [2.45, 2.75) is 230 Å². The minimum Gasteiger partial charge on any atom is -0.462 e. The molecule has 0 aliphatic carbocycles. The number of cyclic esters (lactones) is 1. The maximum atomic E-state index is 15.7. The van der Waals surface area contributed by atoms with Gasteiger partial charge in [0.1, 0.15) is 96.4 Å². The summed E-state index contributed by atoms with van der Waals surface area (Å²) in [6.45, 7) is 16.0. The molecule has 1 aromatic rings. The lowest BCUT2D eigenvalue weighted by Gasteiger charge is -2.41. The molecule has 0 saturated carbocycles. The maximum absolute atomic E-state index is 15.7. The van der Waals surface area contributed by atoms with Crippen LogP contribution in [0.4, 0.5) is 0 Å². The lowest BCUT2D eigenvalue weighted by Crippen LogP contribution is -2.66.